The lowest BCUT2D eigenvalue weighted by Gasteiger charge is -2.26. The van der Waals surface area contributed by atoms with Crippen LogP contribution in [0.4, 0.5) is 17.1 Å². The highest BCUT2D eigenvalue weighted by Crippen LogP contribution is 2.36. The maximum atomic E-state index is 5.43. The second kappa shape index (κ2) is 7.79. The topological polar surface area (TPSA) is 12.5 Å². The largest absolute Gasteiger partial charge is 0.497 e. The van der Waals surface area contributed by atoms with Crippen LogP contribution in [0.15, 0.2) is 109 Å². The van der Waals surface area contributed by atoms with Gasteiger partial charge in [-0.15, -0.1) is 0 Å². The van der Waals surface area contributed by atoms with Gasteiger partial charge in [0.2, 0.25) is 0 Å². The Labute approximate surface area is 160 Å². The Bertz CT molecular complexity index is 995. The van der Waals surface area contributed by atoms with Crippen LogP contribution in [0, 0.1) is 0 Å². The van der Waals surface area contributed by atoms with Gasteiger partial charge >= 0.3 is 0 Å². The van der Waals surface area contributed by atoms with E-state index >= 15 is 0 Å². The summed E-state index contributed by atoms with van der Waals surface area (Å²) in [7, 11) is 1.70. The van der Waals surface area contributed by atoms with Gasteiger partial charge < -0.3 is 9.64 Å². The standard InChI is InChI=1S/C25H21NO/c1-27-25-14-8-13-24(19-25)26(22-11-6-3-7-12-22)23-17-15-21(16-18-23)20-9-4-2-5-10-20/h2-19H,1H3. The van der Waals surface area contributed by atoms with Crippen LogP contribution >= 0.6 is 0 Å². The number of methoxy groups -OCH3 is 1. The lowest BCUT2D eigenvalue weighted by molar-refractivity contribution is 0.415. The van der Waals surface area contributed by atoms with E-state index in [0.717, 1.165) is 22.8 Å². The van der Waals surface area contributed by atoms with Crippen LogP contribution in [0.3, 0.4) is 0 Å². The Kier molecular flexibility index (Phi) is 4.88. The van der Waals surface area contributed by atoms with Crippen LogP contribution in [-0.4, -0.2) is 7.11 Å². The van der Waals surface area contributed by atoms with Crippen molar-refractivity contribution >= 4 is 17.1 Å². The molecule has 0 amide bonds. The summed E-state index contributed by atoms with van der Waals surface area (Å²) in [6, 6.07) is 37.6. The highest BCUT2D eigenvalue weighted by Gasteiger charge is 2.13. The molecule has 0 saturated heterocycles. The molecule has 0 aliphatic heterocycles. The third-order valence-corrected chi connectivity index (χ3v) is 4.56. The molecule has 4 aromatic carbocycles. The van der Waals surface area contributed by atoms with Gasteiger partial charge in [0.15, 0.2) is 0 Å². The Hall–Kier alpha value is -3.52. The SMILES string of the molecule is COc1cccc(N(c2ccccc2)c2ccc(-c3ccccc3)cc2)c1. The van der Waals surface area contributed by atoms with E-state index in [4.69, 9.17) is 4.74 Å². The van der Waals surface area contributed by atoms with Crippen LogP contribution in [0.2, 0.25) is 0 Å². The van der Waals surface area contributed by atoms with Gasteiger partial charge in [0, 0.05) is 23.1 Å². The Morgan fingerprint density at radius 1 is 0.519 bits per heavy atom. The van der Waals surface area contributed by atoms with E-state index in [2.05, 4.69) is 89.8 Å². The molecule has 132 valence electrons. The fourth-order valence-electron chi connectivity index (χ4n) is 3.21. The molecule has 0 saturated carbocycles. The minimum atomic E-state index is 0.842. The zero-order valence-corrected chi connectivity index (χ0v) is 15.2. The fraction of sp³-hybridized carbons (Fsp3) is 0.0400. The van der Waals surface area contributed by atoms with Crippen LogP contribution in [0.25, 0.3) is 11.1 Å². The predicted molar refractivity (Wildman–Crippen MR) is 113 cm³/mol. The molecular formula is C25H21NO. The molecule has 0 aliphatic rings. The number of benzene rings is 4. The molecule has 0 radical (unpaired) electrons. The maximum Gasteiger partial charge on any atom is 0.120 e. The zero-order valence-electron chi connectivity index (χ0n) is 15.2. The van der Waals surface area contributed by atoms with Gasteiger partial charge in [-0.25, -0.2) is 0 Å². The second-order valence-corrected chi connectivity index (χ2v) is 6.29. The first-order chi connectivity index (χ1) is 13.3. The Morgan fingerprint density at radius 3 is 1.74 bits per heavy atom. The first-order valence-electron chi connectivity index (χ1n) is 9.00. The highest BCUT2D eigenvalue weighted by atomic mass is 16.5. The number of hydrogen-bond acceptors (Lipinski definition) is 2. The molecule has 4 rings (SSSR count). The van der Waals surface area contributed by atoms with Crippen LogP contribution in [0.5, 0.6) is 5.75 Å². The van der Waals surface area contributed by atoms with Crippen molar-refractivity contribution in [3.63, 3.8) is 0 Å². The number of rotatable bonds is 5. The zero-order chi connectivity index (χ0) is 18.5. The van der Waals surface area contributed by atoms with Crippen molar-refractivity contribution in [3.8, 4) is 16.9 Å². The number of hydrogen-bond donors (Lipinski definition) is 0. The molecule has 2 nitrogen and oxygen atoms in total. The summed E-state index contributed by atoms with van der Waals surface area (Å²) in [5.74, 6) is 0.842. The molecule has 0 unspecified atom stereocenters. The van der Waals surface area contributed by atoms with E-state index < -0.39 is 0 Å². The molecule has 0 atom stereocenters. The molecule has 0 fully saturated rings. The summed E-state index contributed by atoms with van der Waals surface area (Å²) < 4.78 is 5.43. The predicted octanol–water partition coefficient (Wildman–Crippen LogP) is 6.83. The average Bonchev–Trinajstić information content (AvgIpc) is 2.76. The molecule has 4 aromatic rings. The molecule has 0 aliphatic carbocycles. The van der Waals surface area contributed by atoms with Gasteiger partial charge in [0.25, 0.3) is 0 Å². The third-order valence-electron chi connectivity index (χ3n) is 4.56. The van der Waals surface area contributed by atoms with E-state index in [0.29, 0.717) is 0 Å². The molecule has 2 heteroatoms. The number of ether oxygens (including phenoxy) is 1. The lowest BCUT2D eigenvalue weighted by atomic mass is 10.0. The molecular weight excluding hydrogens is 330 g/mol. The summed E-state index contributed by atoms with van der Waals surface area (Å²) in [4.78, 5) is 2.23. The van der Waals surface area contributed by atoms with Gasteiger partial charge in [-0.3, -0.25) is 0 Å². The van der Waals surface area contributed by atoms with Gasteiger partial charge in [-0.05, 0) is 47.5 Å². The van der Waals surface area contributed by atoms with E-state index in [9.17, 15) is 0 Å². The molecule has 0 aromatic heterocycles. The number of para-hydroxylation sites is 1. The third kappa shape index (κ3) is 3.70. The van der Waals surface area contributed by atoms with Crippen molar-refractivity contribution < 1.29 is 4.74 Å². The smallest absolute Gasteiger partial charge is 0.120 e. The summed E-state index contributed by atoms with van der Waals surface area (Å²) in [6.07, 6.45) is 0. The monoisotopic (exact) mass is 351 g/mol. The van der Waals surface area contributed by atoms with Crippen molar-refractivity contribution in [1.82, 2.24) is 0 Å². The van der Waals surface area contributed by atoms with E-state index in [1.54, 1.807) is 7.11 Å². The molecule has 0 bridgehead atoms. The Balaban J connectivity index is 1.77. The van der Waals surface area contributed by atoms with Crippen molar-refractivity contribution in [3.05, 3.63) is 109 Å². The van der Waals surface area contributed by atoms with Crippen LogP contribution in [0.1, 0.15) is 0 Å². The van der Waals surface area contributed by atoms with Crippen molar-refractivity contribution in [2.75, 3.05) is 12.0 Å². The number of nitrogens with zero attached hydrogens (tertiary/aromatic N) is 1. The quantitative estimate of drug-likeness (QED) is 0.390. The average molecular weight is 351 g/mol. The first kappa shape index (κ1) is 16.9. The number of anilines is 3. The minimum absolute atomic E-state index is 0.842. The van der Waals surface area contributed by atoms with Gasteiger partial charge in [0.05, 0.1) is 7.11 Å². The molecule has 27 heavy (non-hydrogen) atoms. The summed E-state index contributed by atoms with van der Waals surface area (Å²) in [6.45, 7) is 0. The van der Waals surface area contributed by atoms with Crippen molar-refractivity contribution in [2.24, 2.45) is 0 Å². The van der Waals surface area contributed by atoms with Gasteiger partial charge in [-0.2, -0.15) is 0 Å². The summed E-state index contributed by atoms with van der Waals surface area (Å²) in [5, 5.41) is 0. The molecule has 0 spiro atoms. The van der Waals surface area contributed by atoms with E-state index in [-0.39, 0.29) is 0 Å². The van der Waals surface area contributed by atoms with Gasteiger partial charge in [-0.1, -0.05) is 66.7 Å². The molecule has 0 N–H and O–H groups in total. The van der Waals surface area contributed by atoms with Crippen molar-refractivity contribution in [2.45, 2.75) is 0 Å². The first-order valence-corrected chi connectivity index (χ1v) is 9.00. The maximum absolute atomic E-state index is 5.43. The lowest BCUT2D eigenvalue weighted by Crippen LogP contribution is -2.09. The highest BCUT2D eigenvalue weighted by molar-refractivity contribution is 5.78. The normalized spacial score (nSPS) is 10.4. The van der Waals surface area contributed by atoms with Crippen molar-refractivity contribution in [1.29, 1.82) is 0 Å². The summed E-state index contributed by atoms with van der Waals surface area (Å²) >= 11 is 0. The minimum Gasteiger partial charge on any atom is -0.497 e. The second-order valence-electron chi connectivity index (χ2n) is 6.29. The van der Waals surface area contributed by atoms with E-state index in [1.807, 2.05) is 24.3 Å². The van der Waals surface area contributed by atoms with Gasteiger partial charge in [0.1, 0.15) is 5.75 Å². The van der Waals surface area contributed by atoms with E-state index in [1.165, 1.54) is 11.1 Å². The summed E-state index contributed by atoms with van der Waals surface area (Å²) in [5.41, 5.74) is 5.70. The van der Waals surface area contributed by atoms with Crippen LogP contribution < -0.4 is 9.64 Å². The Morgan fingerprint density at radius 2 is 1.07 bits per heavy atom. The fourth-order valence-corrected chi connectivity index (χ4v) is 3.21. The van der Waals surface area contributed by atoms with Crippen LogP contribution in [-0.2, 0) is 0 Å². The molecule has 0 heterocycles.